The molecule has 0 fully saturated rings. The fourth-order valence-electron chi connectivity index (χ4n) is 2.50. The Morgan fingerprint density at radius 2 is 1.67 bits per heavy atom. The molecule has 2 amide bonds. The number of amides is 2. The molecule has 0 spiro atoms. The Kier molecular flexibility index (Phi) is 6.66. The summed E-state index contributed by atoms with van der Waals surface area (Å²) in [5.74, 6) is -2.45. The van der Waals surface area contributed by atoms with Crippen LogP contribution in [-0.2, 0) is 10.2 Å². The number of hydrogen-bond donors (Lipinski definition) is 2. The third-order valence-electron chi connectivity index (χ3n) is 4.08. The van der Waals surface area contributed by atoms with Crippen LogP contribution in [0.3, 0.4) is 0 Å². The summed E-state index contributed by atoms with van der Waals surface area (Å²) < 4.78 is 26.4. The Balaban J connectivity index is 1.75. The highest BCUT2D eigenvalue weighted by molar-refractivity contribution is 5.94. The van der Waals surface area contributed by atoms with Gasteiger partial charge in [-0.05, 0) is 41.7 Å². The average molecular weight is 374 g/mol. The zero-order valence-corrected chi connectivity index (χ0v) is 15.7. The first-order valence-corrected chi connectivity index (χ1v) is 8.80. The average Bonchev–Trinajstić information content (AvgIpc) is 2.58. The second-order valence-corrected chi connectivity index (χ2v) is 7.36. The molecule has 4 nitrogen and oxygen atoms in total. The molecule has 0 bridgehead atoms. The fraction of sp³-hybridized carbons (Fsp3) is 0.333. The number of rotatable bonds is 6. The van der Waals surface area contributed by atoms with Crippen molar-refractivity contribution in [1.29, 1.82) is 0 Å². The largest absolute Gasteiger partial charge is 0.352 e. The van der Waals surface area contributed by atoms with E-state index in [0.717, 1.165) is 12.1 Å². The minimum atomic E-state index is -0.913. The van der Waals surface area contributed by atoms with Crippen LogP contribution in [0.4, 0.5) is 14.5 Å². The topological polar surface area (TPSA) is 58.2 Å². The number of anilines is 1. The Morgan fingerprint density at radius 1 is 1.00 bits per heavy atom. The summed E-state index contributed by atoms with van der Waals surface area (Å²) in [4.78, 5) is 23.8. The molecule has 144 valence electrons. The van der Waals surface area contributed by atoms with Gasteiger partial charge in [0.15, 0.2) is 0 Å². The van der Waals surface area contributed by atoms with E-state index >= 15 is 0 Å². The molecule has 2 aromatic rings. The van der Waals surface area contributed by atoms with Crippen molar-refractivity contribution in [3.63, 3.8) is 0 Å². The van der Waals surface area contributed by atoms with Crippen LogP contribution in [0.15, 0.2) is 42.5 Å². The van der Waals surface area contributed by atoms with Gasteiger partial charge in [-0.15, -0.1) is 0 Å². The Hall–Kier alpha value is -2.76. The fourth-order valence-corrected chi connectivity index (χ4v) is 2.50. The van der Waals surface area contributed by atoms with Crippen molar-refractivity contribution in [2.75, 3.05) is 11.9 Å². The zero-order valence-electron chi connectivity index (χ0n) is 15.7. The number of halogens is 2. The first-order chi connectivity index (χ1) is 12.7. The third kappa shape index (κ3) is 6.16. The van der Waals surface area contributed by atoms with E-state index in [9.17, 15) is 18.4 Å². The summed E-state index contributed by atoms with van der Waals surface area (Å²) in [5.41, 5.74) is 1.71. The predicted octanol–water partition coefficient (Wildman–Crippen LogP) is 4.41. The lowest BCUT2D eigenvalue weighted by Crippen LogP contribution is -2.26. The molecule has 0 aliphatic rings. The number of benzene rings is 2. The van der Waals surface area contributed by atoms with Crippen molar-refractivity contribution >= 4 is 17.5 Å². The van der Waals surface area contributed by atoms with Gasteiger partial charge in [0.25, 0.3) is 5.91 Å². The van der Waals surface area contributed by atoms with Crippen LogP contribution >= 0.6 is 0 Å². The highest BCUT2D eigenvalue weighted by atomic mass is 19.1. The van der Waals surface area contributed by atoms with Crippen molar-refractivity contribution in [3.05, 3.63) is 65.2 Å². The summed E-state index contributed by atoms with van der Waals surface area (Å²) in [6.07, 6.45) is 0.619. The highest BCUT2D eigenvalue weighted by Gasteiger charge is 2.14. The van der Waals surface area contributed by atoms with Crippen LogP contribution in [0.25, 0.3) is 0 Å². The van der Waals surface area contributed by atoms with Crippen LogP contribution in [0, 0.1) is 11.6 Å². The number of nitrogens with one attached hydrogen (secondary N) is 2. The van der Waals surface area contributed by atoms with E-state index in [-0.39, 0.29) is 29.9 Å². The van der Waals surface area contributed by atoms with E-state index in [1.807, 2.05) is 24.3 Å². The van der Waals surface area contributed by atoms with Gasteiger partial charge >= 0.3 is 0 Å². The minimum absolute atomic E-state index is 0.0464. The lowest BCUT2D eigenvalue weighted by Gasteiger charge is -2.19. The Labute approximate surface area is 158 Å². The van der Waals surface area contributed by atoms with Crippen LogP contribution in [-0.4, -0.2) is 18.4 Å². The van der Waals surface area contributed by atoms with Crippen LogP contribution in [0.1, 0.15) is 49.5 Å². The highest BCUT2D eigenvalue weighted by Crippen LogP contribution is 2.23. The van der Waals surface area contributed by atoms with Gasteiger partial charge in [-0.1, -0.05) is 32.9 Å². The maximum atomic E-state index is 13.5. The molecule has 2 rings (SSSR count). The van der Waals surface area contributed by atoms with Gasteiger partial charge in [-0.3, -0.25) is 9.59 Å². The van der Waals surface area contributed by atoms with Crippen molar-refractivity contribution in [1.82, 2.24) is 5.32 Å². The van der Waals surface area contributed by atoms with Crippen LogP contribution in [0.5, 0.6) is 0 Å². The van der Waals surface area contributed by atoms with Gasteiger partial charge in [0.1, 0.15) is 11.6 Å². The standard InChI is InChI=1S/C21H24F2N2O2/c1-21(2,3)14-6-9-16(10-7-14)25-19(26)5-4-12-24-20(27)17-11-8-15(22)13-18(17)23/h6-11,13H,4-5,12H2,1-3H3,(H,24,27)(H,25,26). The molecule has 0 aromatic heterocycles. The van der Waals surface area contributed by atoms with Gasteiger partial charge < -0.3 is 10.6 Å². The molecule has 2 aromatic carbocycles. The second kappa shape index (κ2) is 8.75. The molecule has 0 heterocycles. The SMILES string of the molecule is CC(C)(C)c1ccc(NC(=O)CCCNC(=O)c2ccc(F)cc2F)cc1. The molecule has 0 atom stereocenters. The molecule has 6 heteroatoms. The van der Waals surface area contributed by atoms with Crippen molar-refractivity contribution < 1.29 is 18.4 Å². The van der Waals surface area contributed by atoms with Gasteiger partial charge in [0.05, 0.1) is 5.56 Å². The molecule has 0 unspecified atom stereocenters. The summed E-state index contributed by atoms with van der Waals surface area (Å²) in [6.45, 7) is 6.57. The van der Waals surface area contributed by atoms with E-state index in [2.05, 4.69) is 31.4 Å². The van der Waals surface area contributed by atoms with E-state index < -0.39 is 17.5 Å². The predicted molar refractivity (Wildman–Crippen MR) is 102 cm³/mol. The quantitative estimate of drug-likeness (QED) is 0.736. The van der Waals surface area contributed by atoms with Gasteiger partial charge in [-0.2, -0.15) is 0 Å². The maximum absolute atomic E-state index is 13.5. The first kappa shape index (κ1) is 20.6. The molecule has 0 aliphatic carbocycles. The summed E-state index contributed by atoms with van der Waals surface area (Å²) in [7, 11) is 0. The molecule has 2 N–H and O–H groups in total. The normalized spacial score (nSPS) is 11.1. The zero-order chi connectivity index (χ0) is 20.0. The lowest BCUT2D eigenvalue weighted by molar-refractivity contribution is -0.116. The molecule has 0 radical (unpaired) electrons. The van der Waals surface area contributed by atoms with E-state index in [1.165, 1.54) is 5.56 Å². The summed E-state index contributed by atoms with van der Waals surface area (Å²) in [5, 5.41) is 5.32. The second-order valence-electron chi connectivity index (χ2n) is 7.36. The number of carbonyl (C=O) groups excluding carboxylic acids is 2. The molecule has 0 aliphatic heterocycles. The smallest absolute Gasteiger partial charge is 0.254 e. The molecule has 0 saturated carbocycles. The van der Waals surface area contributed by atoms with Gasteiger partial charge in [0.2, 0.25) is 5.91 Å². The van der Waals surface area contributed by atoms with E-state index in [1.54, 1.807) is 0 Å². The van der Waals surface area contributed by atoms with Crippen molar-refractivity contribution in [3.8, 4) is 0 Å². The van der Waals surface area contributed by atoms with Crippen molar-refractivity contribution in [2.24, 2.45) is 0 Å². The van der Waals surface area contributed by atoms with Gasteiger partial charge in [0, 0.05) is 24.7 Å². The van der Waals surface area contributed by atoms with Gasteiger partial charge in [-0.25, -0.2) is 8.78 Å². The van der Waals surface area contributed by atoms with Crippen molar-refractivity contribution in [2.45, 2.75) is 39.0 Å². The molecular formula is C21H24F2N2O2. The Morgan fingerprint density at radius 3 is 2.26 bits per heavy atom. The summed E-state index contributed by atoms with van der Waals surface area (Å²) >= 11 is 0. The molecule has 27 heavy (non-hydrogen) atoms. The monoisotopic (exact) mass is 374 g/mol. The number of hydrogen-bond acceptors (Lipinski definition) is 2. The number of carbonyl (C=O) groups is 2. The van der Waals surface area contributed by atoms with Crippen LogP contribution in [0.2, 0.25) is 0 Å². The van der Waals surface area contributed by atoms with E-state index in [0.29, 0.717) is 18.2 Å². The third-order valence-corrected chi connectivity index (χ3v) is 4.08. The molecule has 0 saturated heterocycles. The Bertz CT molecular complexity index is 812. The van der Waals surface area contributed by atoms with Crippen LogP contribution < -0.4 is 10.6 Å². The van der Waals surface area contributed by atoms with E-state index in [4.69, 9.17) is 0 Å². The summed E-state index contributed by atoms with van der Waals surface area (Å²) in [6, 6.07) is 10.5. The lowest BCUT2D eigenvalue weighted by atomic mass is 9.87. The minimum Gasteiger partial charge on any atom is -0.352 e. The first-order valence-electron chi connectivity index (χ1n) is 8.80. The molecular weight excluding hydrogens is 350 g/mol. The maximum Gasteiger partial charge on any atom is 0.254 e.